The maximum atomic E-state index is 13.6. The summed E-state index contributed by atoms with van der Waals surface area (Å²) in [6.07, 6.45) is -2.42. The molecular weight excluding hydrogens is 286 g/mol. The van der Waals surface area contributed by atoms with Gasteiger partial charge in [-0.15, -0.1) is 0 Å². The van der Waals surface area contributed by atoms with E-state index in [1.165, 1.54) is 12.1 Å². The Labute approximate surface area is 118 Å². The number of nitrogens with zero attached hydrogens (tertiary/aromatic N) is 1. The van der Waals surface area contributed by atoms with Crippen LogP contribution >= 0.6 is 0 Å². The minimum Gasteiger partial charge on any atom is -0.271 e. The fourth-order valence-corrected chi connectivity index (χ4v) is 2.05. The van der Waals surface area contributed by atoms with Gasteiger partial charge in [0, 0.05) is 18.0 Å². The smallest absolute Gasteiger partial charge is 0.271 e. The predicted molar refractivity (Wildman–Crippen MR) is 69.5 cm³/mol. The molecule has 0 aliphatic rings. The van der Waals surface area contributed by atoms with Gasteiger partial charge in [-0.1, -0.05) is 12.1 Å². The van der Waals surface area contributed by atoms with Crippen LogP contribution in [0.4, 0.5) is 17.6 Å². The second-order valence-electron chi connectivity index (χ2n) is 4.57. The van der Waals surface area contributed by atoms with Crippen molar-refractivity contribution in [2.24, 2.45) is 5.84 Å². The first-order valence-corrected chi connectivity index (χ1v) is 6.08. The lowest BCUT2D eigenvalue weighted by Crippen LogP contribution is -2.31. The van der Waals surface area contributed by atoms with Crippen molar-refractivity contribution >= 4 is 0 Å². The number of benzene rings is 1. The molecule has 21 heavy (non-hydrogen) atoms. The summed E-state index contributed by atoms with van der Waals surface area (Å²) in [5.41, 5.74) is 1.96. The zero-order chi connectivity index (χ0) is 15.6. The number of aromatic nitrogens is 1. The zero-order valence-electron chi connectivity index (χ0n) is 11.1. The average Bonchev–Trinajstić information content (AvgIpc) is 2.43. The molecule has 0 fully saturated rings. The van der Waals surface area contributed by atoms with E-state index < -0.39 is 23.6 Å². The molecule has 112 valence electrons. The van der Waals surface area contributed by atoms with Crippen molar-refractivity contribution in [3.63, 3.8) is 0 Å². The Bertz CT molecular complexity index is 640. The molecule has 3 nitrogen and oxygen atoms in total. The first kappa shape index (κ1) is 15.4. The molecule has 0 aliphatic heterocycles. The molecule has 0 saturated carbocycles. The lowest BCUT2D eigenvalue weighted by molar-refractivity contribution is -0.138. The zero-order valence-corrected chi connectivity index (χ0v) is 11.1. The average molecular weight is 299 g/mol. The molecule has 1 heterocycles. The summed E-state index contributed by atoms with van der Waals surface area (Å²) in [7, 11) is 0. The van der Waals surface area contributed by atoms with E-state index in [9.17, 15) is 17.6 Å². The standard InChI is InChI=1S/C14H13F4N3/c1-8-2-3-9(6-12(8)15)13(21-19)10-7-20-5-4-11(10)14(16,17)18/h2-7,13,21H,19H2,1H3. The number of rotatable bonds is 3. The molecule has 1 aromatic carbocycles. The number of alkyl halides is 3. The highest BCUT2D eigenvalue weighted by Crippen LogP contribution is 2.35. The Balaban J connectivity index is 2.54. The predicted octanol–water partition coefficient (Wildman–Crippen LogP) is 3.10. The summed E-state index contributed by atoms with van der Waals surface area (Å²) in [4.78, 5) is 3.70. The lowest BCUT2D eigenvalue weighted by atomic mass is 9.95. The van der Waals surface area contributed by atoms with E-state index in [1.807, 2.05) is 0 Å². The van der Waals surface area contributed by atoms with Crippen LogP contribution in [0.2, 0.25) is 0 Å². The first-order valence-electron chi connectivity index (χ1n) is 6.08. The van der Waals surface area contributed by atoms with Crippen molar-refractivity contribution in [1.29, 1.82) is 0 Å². The highest BCUT2D eigenvalue weighted by Gasteiger charge is 2.35. The minimum absolute atomic E-state index is 0.157. The summed E-state index contributed by atoms with van der Waals surface area (Å²) in [5.74, 6) is 4.86. The van der Waals surface area contributed by atoms with E-state index in [2.05, 4.69) is 10.4 Å². The summed E-state index contributed by atoms with van der Waals surface area (Å²) in [6.45, 7) is 1.56. The Kier molecular flexibility index (Phi) is 4.24. The number of nitrogens with two attached hydrogens (primary N) is 1. The number of halogens is 4. The summed E-state index contributed by atoms with van der Waals surface area (Å²) in [6, 6.07) is 4.02. The monoisotopic (exact) mass is 299 g/mol. The third kappa shape index (κ3) is 3.20. The van der Waals surface area contributed by atoms with Gasteiger partial charge < -0.3 is 0 Å². The minimum atomic E-state index is -4.55. The Hall–Kier alpha value is -1.99. The van der Waals surface area contributed by atoms with E-state index in [0.29, 0.717) is 11.1 Å². The second-order valence-corrected chi connectivity index (χ2v) is 4.57. The van der Waals surface area contributed by atoms with Gasteiger partial charge in [0.05, 0.1) is 11.6 Å². The third-order valence-electron chi connectivity index (χ3n) is 3.16. The fourth-order valence-electron chi connectivity index (χ4n) is 2.05. The van der Waals surface area contributed by atoms with Gasteiger partial charge in [0.1, 0.15) is 5.82 Å². The van der Waals surface area contributed by atoms with Crippen molar-refractivity contribution in [3.8, 4) is 0 Å². The van der Waals surface area contributed by atoms with Crippen LogP contribution in [0.5, 0.6) is 0 Å². The van der Waals surface area contributed by atoms with Crippen molar-refractivity contribution < 1.29 is 17.6 Å². The maximum absolute atomic E-state index is 13.6. The molecule has 1 aromatic heterocycles. The molecule has 0 aliphatic carbocycles. The van der Waals surface area contributed by atoms with Gasteiger partial charge in [0.25, 0.3) is 0 Å². The van der Waals surface area contributed by atoms with E-state index in [1.54, 1.807) is 6.92 Å². The van der Waals surface area contributed by atoms with E-state index >= 15 is 0 Å². The Morgan fingerprint density at radius 1 is 1.24 bits per heavy atom. The van der Waals surface area contributed by atoms with Crippen LogP contribution < -0.4 is 11.3 Å². The highest BCUT2D eigenvalue weighted by atomic mass is 19.4. The number of hydrazine groups is 1. The molecule has 0 spiro atoms. The number of hydrogen-bond donors (Lipinski definition) is 2. The molecule has 1 atom stereocenters. The van der Waals surface area contributed by atoms with Crippen LogP contribution in [0.1, 0.15) is 28.3 Å². The summed E-state index contributed by atoms with van der Waals surface area (Å²) in [5, 5.41) is 0. The molecule has 2 aromatic rings. The van der Waals surface area contributed by atoms with Gasteiger partial charge in [-0.05, 0) is 30.2 Å². The number of nitrogens with one attached hydrogen (secondary N) is 1. The Morgan fingerprint density at radius 2 is 1.95 bits per heavy atom. The lowest BCUT2D eigenvalue weighted by Gasteiger charge is -2.21. The SMILES string of the molecule is Cc1ccc(C(NN)c2cnccc2C(F)(F)F)cc1F. The van der Waals surface area contributed by atoms with Crippen molar-refractivity contribution in [2.75, 3.05) is 0 Å². The molecular formula is C14H13F4N3. The molecule has 0 radical (unpaired) electrons. The van der Waals surface area contributed by atoms with Crippen LogP contribution in [0, 0.1) is 12.7 Å². The molecule has 7 heteroatoms. The molecule has 3 N–H and O–H groups in total. The first-order chi connectivity index (χ1) is 9.84. The van der Waals surface area contributed by atoms with Crippen molar-refractivity contribution in [3.05, 3.63) is 64.7 Å². The summed E-state index contributed by atoms with van der Waals surface area (Å²) < 4.78 is 52.7. The van der Waals surface area contributed by atoms with Crippen LogP contribution in [-0.4, -0.2) is 4.98 Å². The summed E-state index contributed by atoms with van der Waals surface area (Å²) >= 11 is 0. The van der Waals surface area contributed by atoms with E-state index in [0.717, 1.165) is 24.5 Å². The molecule has 0 amide bonds. The van der Waals surface area contributed by atoms with Gasteiger partial charge in [0.15, 0.2) is 0 Å². The topological polar surface area (TPSA) is 50.9 Å². The second kappa shape index (κ2) is 5.79. The van der Waals surface area contributed by atoms with E-state index in [4.69, 9.17) is 5.84 Å². The third-order valence-corrected chi connectivity index (χ3v) is 3.16. The number of aryl methyl sites for hydroxylation is 1. The Morgan fingerprint density at radius 3 is 2.52 bits per heavy atom. The molecule has 2 rings (SSSR count). The van der Waals surface area contributed by atoms with Gasteiger partial charge in [-0.2, -0.15) is 13.2 Å². The fraction of sp³-hybridized carbons (Fsp3) is 0.214. The van der Waals surface area contributed by atoms with Gasteiger partial charge >= 0.3 is 6.18 Å². The van der Waals surface area contributed by atoms with Crippen molar-refractivity contribution in [2.45, 2.75) is 19.1 Å². The van der Waals surface area contributed by atoms with E-state index in [-0.39, 0.29) is 5.56 Å². The van der Waals surface area contributed by atoms with Gasteiger partial charge in [0.2, 0.25) is 0 Å². The quantitative estimate of drug-likeness (QED) is 0.520. The van der Waals surface area contributed by atoms with Crippen molar-refractivity contribution in [1.82, 2.24) is 10.4 Å². The number of hydrogen-bond acceptors (Lipinski definition) is 3. The molecule has 0 saturated heterocycles. The highest BCUT2D eigenvalue weighted by molar-refractivity contribution is 5.38. The van der Waals surface area contributed by atoms with Gasteiger partial charge in [-0.3, -0.25) is 10.8 Å². The molecule has 1 unspecified atom stereocenters. The normalized spacial score (nSPS) is 13.2. The largest absolute Gasteiger partial charge is 0.416 e. The van der Waals surface area contributed by atoms with Crippen LogP contribution in [-0.2, 0) is 6.18 Å². The maximum Gasteiger partial charge on any atom is 0.416 e. The van der Waals surface area contributed by atoms with Crippen LogP contribution in [0.3, 0.4) is 0 Å². The molecule has 0 bridgehead atoms. The number of pyridine rings is 1. The van der Waals surface area contributed by atoms with Crippen LogP contribution in [0.25, 0.3) is 0 Å². The van der Waals surface area contributed by atoms with Gasteiger partial charge in [-0.25, -0.2) is 9.82 Å². The van der Waals surface area contributed by atoms with Crippen LogP contribution in [0.15, 0.2) is 36.7 Å².